The molecule has 0 aliphatic heterocycles. The Kier molecular flexibility index (Phi) is 4.53. The number of benzene rings is 2. The van der Waals surface area contributed by atoms with Crippen molar-refractivity contribution in [2.24, 2.45) is 0 Å². The number of anilines is 1. The molecule has 2 N–H and O–H groups in total. The Morgan fingerprint density at radius 3 is 2.67 bits per heavy atom. The van der Waals surface area contributed by atoms with Gasteiger partial charge in [-0.25, -0.2) is 0 Å². The Hall–Kier alpha value is -2.79. The number of carbonyl (C=O) groups excluding carboxylic acids is 1. The number of amides is 1. The first kappa shape index (κ1) is 16.1. The first-order valence-electron chi connectivity index (χ1n) is 7.58. The minimum Gasteiger partial charge on any atom is -0.332 e. The van der Waals surface area contributed by atoms with Gasteiger partial charge in [-0.05, 0) is 73.6 Å². The van der Waals surface area contributed by atoms with E-state index in [1.165, 1.54) is 0 Å². The lowest BCUT2D eigenvalue weighted by Crippen LogP contribution is -2.34. The Morgan fingerprint density at radius 1 is 1.04 bits per heavy atom. The molecule has 0 bridgehead atoms. The highest BCUT2D eigenvalue weighted by Crippen LogP contribution is 2.21. The van der Waals surface area contributed by atoms with Crippen molar-refractivity contribution in [3.63, 3.8) is 0 Å². The van der Waals surface area contributed by atoms with E-state index < -0.39 is 0 Å². The van der Waals surface area contributed by atoms with Gasteiger partial charge in [0, 0.05) is 22.8 Å². The number of hydrogen-bond donors (Lipinski definition) is 2. The molecule has 1 amide bonds. The average molecular weight is 335 g/mol. The van der Waals surface area contributed by atoms with E-state index in [0.29, 0.717) is 5.56 Å². The summed E-state index contributed by atoms with van der Waals surface area (Å²) in [5.74, 6) is -0.228. The lowest BCUT2D eigenvalue weighted by molar-refractivity contribution is 0.0977. The van der Waals surface area contributed by atoms with Crippen LogP contribution in [0.1, 0.15) is 21.5 Å². The SMILES string of the molecule is Cc1ccc(C(=O)NC(=S)Nc2cccc3ncccc23)cc1C. The van der Waals surface area contributed by atoms with Crippen molar-refractivity contribution in [1.82, 2.24) is 10.3 Å². The summed E-state index contributed by atoms with van der Waals surface area (Å²) in [6.07, 6.45) is 1.74. The normalized spacial score (nSPS) is 10.4. The van der Waals surface area contributed by atoms with Crippen molar-refractivity contribution in [2.75, 3.05) is 5.32 Å². The van der Waals surface area contributed by atoms with Crippen LogP contribution in [-0.2, 0) is 0 Å². The number of hydrogen-bond acceptors (Lipinski definition) is 3. The van der Waals surface area contributed by atoms with E-state index in [0.717, 1.165) is 27.7 Å². The molecule has 0 unspecified atom stereocenters. The summed E-state index contributed by atoms with van der Waals surface area (Å²) in [4.78, 5) is 16.6. The molecule has 0 aliphatic carbocycles. The summed E-state index contributed by atoms with van der Waals surface area (Å²) in [6, 6.07) is 15.1. The number of pyridine rings is 1. The van der Waals surface area contributed by atoms with Crippen LogP contribution >= 0.6 is 12.2 Å². The molecule has 1 heterocycles. The summed E-state index contributed by atoms with van der Waals surface area (Å²) in [7, 11) is 0. The fourth-order valence-electron chi connectivity index (χ4n) is 2.42. The molecule has 5 heteroatoms. The van der Waals surface area contributed by atoms with Crippen LogP contribution < -0.4 is 10.6 Å². The van der Waals surface area contributed by atoms with Crippen LogP contribution in [0.15, 0.2) is 54.7 Å². The van der Waals surface area contributed by atoms with Crippen LogP contribution in [0.25, 0.3) is 10.9 Å². The van der Waals surface area contributed by atoms with Crippen LogP contribution in [0.3, 0.4) is 0 Å². The molecule has 0 fully saturated rings. The Morgan fingerprint density at radius 2 is 1.88 bits per heavy atom. The van der Waals surface area contributed by atoms with E-state index in [1.54, 1.807) is 12.3 Å². The van der Waals surface area contributed by atoms with Gasteiger partial charge in [-0.2, -0.15) is 0 Å². The molecule has 3 rings (SSSR count). The van der Waals surface area contributed by atoms with Crippen molar-refractivity contribution in [1.29, 1.82) is 0 Å². The molecule has 24 heavy (non-hydrogen) atoms. The molecule has 0 saturated heterocycles. The summed E-state index contributed by atoms with van der Waals surface area (Å²) in [6.45, 7) is 3.99. The fourth-order valence-corrected chi connectivity index (χ4v) is 2.63. The van der Waals surface area contributed by atoms with Crippen molar-refractivity contribution in [3.8, 4) is 0 Å². The molecule has 0 radical (unpaired) electrons. The molecule has 0 aliphatic rings. The Labute approximate surface area is 145 Å². The van der Waals surface area contributed by atoms with Gasteiger partial charge in [0.15, 0.2) is 5.11 Å². The molecule has 1 aromatic heterocycles. The van der Waals surface area contributed by atoms with Crippen LogP contribution in [0.4, 0.5) is 5.69 Å². The van der Waals surface area contributed by atoms with Gasteiger partial charge in [0.25, 0.3) is 5.91 Å². The van der Waals surface area contributed by atoms with E-state index in [4.69, 9.17) is 12.2 Å². The number of rotatable bonds is 2. The number of thiocarbonyl (C=S) groups is 1. The number of nitrogens with one attached hydrogen (secondary N) is 2. The molecule has 120 valence electrons. The Balaban J connectivity index is 1.75. The first-order chi connectivity index (χ1) is 11.5. The zero-order chi connectivity index (χ0) is 17.1. The van der Waals surface area contributed by atoms with Crippen LogP contribution in [0.2, 0.25) is 0 Å². The number of aromatic nitrogens is 1. The zero-order valence-corrected chi connectivity index (χ0v) is 14.3. The lowest BCUT2D eigenvalue weighted by atomic mass is 10.1. The van der Waals surface area contributed by atoms with Gasteiger partial charge in [0.1, 0.15) is 0 Å². The highest BCUT2D eigenvalue weighted by molar-refractivity contribution is 7.80. The van der Waals surface area contributed by atoms with E-state index >= 15 is 0 Å². The highest BCUT2D eigenvalue weighted by atomic mass is 32.1. The minimum atomic E-state index is -0.228. The predicted molar refractivity (Wildman–Crippen MR) is 101 cm³/mol. The number of fused-ring (bicyclic) bond motifs is 1. The summed E-state index contributed by atoms with van der Waals surface area (Å²) >= 11 is 5.27. The Bertz CT molecular complexity index is 932. The first-order valence-corrected chi connectivity index (χ1v) is 7.99. The monoisotopic (exact) mass is 335 g/mol. The minimum absolute atomic E-state index is 0.228. The fraction of sp³-hybridized carbons (Fsp3) is 0.105. The molecule has 0 atom stereocenters. The van der Waals surface area contributed by atoms with Gasteiger partial charge in [-0.3, -0.25) is 15.1 Å². The van der Waals surface area contributed by atoms with Crippen molar-refractivity contribution in [3.05, 3.63) is 71.4 Å². The van der Waals surface area contributed by atoms with E-state index in [-0.39, 0.29) is 11.0 Å². The highest BCUT2D eigenvalue weighted by Gasteiger charge is 2.10. The van der Waals surface area contributed by atoms with Crippen LogP contribution in [-0.4, -0.2) is 16.0 Å². The third kappa shape index (κ3) is 3.41. The summed E-state index contributed by atoms with van der Waals surface area (Å²) in [5.41, 5.74) is 4.48. The average Bonchev–Trinajstić information content (AvgIpc) is 2.57. The maximum atomic E-state index is 12.3. The maximum Gasteiger partial charge on any atom is 0.257 e. The predicted octanol–water partition coefficient (Wildman–Crippen LogP) is 3.98. The molecule has 3 aromatic rings. The van der Waals surface area contributed by atoms with Gasteiger partial charge in [-0.1, -0.05) is 12.1 Å². The van der Waals surface area contributed by atoms with E-state index in [9.17, 15) is 4.79 Å². The van der Waals surface area contributed by atoms with Crippen molar-refractivity contribution >= 4 is 39.8 Å². The molecular formula is C19H17N3OS. The third-order valence-electron chi connectivity index (χ3n) is 3.89. The van der Waals surface area contributed by atoms with Gasteiger partial charge in [0.05, 0.1) is 5.52 Å². The van der Waals surface area contributed by atoms with Crippen LogP contribution in [0.5, 0.6) is 0 Å². The van der Waals surface area contributed by atoms with Gasteiger partial charge in [-0.15, -0.1) is 0 Å². The maximum absolute atomic E-state index is 12.3. The van der Waals surface area contributed by atoms with Gasteiger partial charge < -0.3 is 5.32 Å². The number of carbonyl (C=O) groups is 1. The van der Waals surface area contributed by atoms with Crippen molar-refractivity contribution < 1.29 is 4.79 Å². The van der Waals surface area contributed by atoms with Gasteiger partial charge >= 0.3 is 0 Å². The van der Waals surface area contributed by atoms with Crippen LogP contribution in [0, 0.1) is 13.8 Å². The summed E-state index contributed by atoms with van der Waals surface area (Å²) < 4.78 is 0. The standard InChI is InChI=1S/C19H17N3OS/c1-12-8-9-14(11-13(12)2)18(23)22-19(24)21-17-7-3-6-16-15(17)5-4-10-20-16/h3-11H,1-2H3,(H2,21,22,23,24). The molecule has 4 nitrogen and oxygen atoms in total. The molecule has 0 spiro atoms. The van der Waals surface area contributed by atoms with E-state index in [1.807, 2.05) is 56.3 Å². The topological polar surface area (TPSA) is 54.0 Å². The molecule has 0 saturated carbocycles. The van der Waals surface area contributed by atoms with Gasteiger partial charge in [0.2, 0.25) is 0 Å². The number of nitrogens with zero attached hydrogens (tertiary/aromatic N) is 1. The number of aryl methyl sites for hydroxylation is 2. The second-order valence-corrected chi connectivity index (χ2v) is 5.99. The molecular weight excluding hydrogens is 318 g/mol. The molecule has 2 aromatic carbocycles. The largest absolute Gasteiger partial charge is 0.332 e. The van der Waals surface area contributed by atoms with E-state index in [2.05, 4.69) is 15.6 Å². The zero-order valence-electron chi connectivity index (χ0n) is 13.5. The second kappa shape index (κ2) is 6.76. The quantitative estimate of drug-likeness (QED) is 0.696. The third-order valence-corrected chi connectivity index (χ3v) is 4.09. The smallest absolute Gasteiger partial charge is 0.257 e. The summed E-state index contributed by atoms with van der Waals surface area (Å²) in [5, 5.41) is 6.99. The lowest BCUT2D eigenvalue weighted by Gasteiger charge is -2.12. The van der Waals surface area contributed by atoms with Crippen molar-refractivity contribution in [2.45, 2.75) is 13.8 Å². The second-order valence-electron chi connectivity index (χ2n) is 5.58.